The van der Waals surface area contributed by atoms with Crippen LogP contribution in [0.5, 0.6) is 17.4 Å². The lowest BCUT2D eigenvalue weighted by molar-refractivity contribution is 0.0180. The van der Waals surface area contributed by atoms with Crippen LogP contribution in [0.2, 0.25) is 0 Å². The van der Waals surface area contributed by atoms with Gasteiger partial charge in [-0.15, -0.1) is 0 Å². The lowest BCUT2D eigenvalue weighted by Gasteiger charge is -2.17. The smallest absolute Gasteiger partial charge is 0.324 e. The molecule has 13 nitrogen and oxygen atoms in total. The van der Waals surface area contributed by atoms with Gasteiger partial charge in [0.2, 0.25) is 5.88 Å². The van der Waals surface area contributed by atoms with Gasteiger partial charge in [0, 0.05) is 73.9 Å². The third-order valence-electron chi connectivity index (χ3n) is 9.15. The largest absolute Gasteiger partial charge is 0.491 e. The molecule has 0 saturated heterocycles. The van der Waals surface area contributed by atoms with Crippen LogP contribution in [-0.2, 0) is 26.0 Å². The number of anilines is 3. The number of rotatable bonds is 18. The zero-order valence-corrected chi connectivity index (χ0v) is 34.4. The van der Waals surface area contributed by atoms with E-state index in [2.05, 4.69) is 42.5 Å². The van der Waals surface area contributed by atoms with E-state index in [1.165, 1.54) is 0 Å². The molecule has 13 heteroatoms. The third-order valence-corrected chi connectivity index (χ3v) is 9.15. The Morgan fingerprint density at radius 1 is 0.810 bits per heavy atom. The zero-order valence-electron chi connectivity index (χ0n) is 34.4. The second-order valence-electron chi connectivity index (χ2n) is 15.0. The quantitative estimate of drug-likeness (QED) is 0.0817. The number of fused-ring (bicyclic) bond motifs is 1. The summed E-state index contributed by atoms with van der Waals surface area (Å²) in [6, 6.07) is 28.8. The predicted molar refractivity (Wildman–Crippen MR) is 228 cm³/mol. The van der Waals surface area contributed by atoms with E-state index in [4.69, 9.17) is 33.8 Å². The van der Waals surface area contributed by atoms with Crippen LogP contribution in [0.3, 0.4) is 0 Å². The van der Waals surface area contributed by atoms with Crippen LogP contribution in [0.4, 0.5) is 22.0 Å². The van der Waals surface area contributed by atoms with Gasteiger partial charge in [0.15, 0.2) is 0 Å². The standard InChI is InChI=1S/C45H53N7O6/c1-31-12-14-33(15-13-31)52-42(30-40(50-52)45(2,3)4)49-44(53)47-38-16-17-39(37-11-9-8-10-36(37)38)58-43-18-19-46-41(48-43)28-32-26-34(51(5)6)29-35(27-32)57-25-24-56-23-22-55-21-20-54-7/h8-19,26-27,29-30H,20-25,28H2,1-7H3,(H2,47,49,53). The normalized spacial score (nSPS) is 11.4. The summed E-state index contributed by atoms with van der Waals surface area (Å²) in [5.74, 6) is 2.88. The highest BCUT2D eigenvalue weighted by molar-refractivity contribution is 6.07. The van der Waals surface area contributed by atoms with E-state index in [1.807, 2.05) is 105 Å². The van der Waals surface area contributed by atoms with Gasteiger partial charge in [-0.3, -0.25) is 5.32 Å². The molecule has 6 aromatic rings. The van der Waals surface area contributed by atoms with Gasteiger partial charge >= 0.3 is 6.03 Å². The molecule has 2 aromatic heterocycles. The molecule has 4 aromatic carbocycles. The van der Waals surface area contributed by atoms with Crippen molar-refractivity contribution < 1.29 is 28.5 Å². The first-order chi connectivity index (χ1) is 28.0. The third kappa shape index (κ3) is 11.3. The molecule has 2 heterocycles. The minimum atomic E-state index is -0.396. The summed E-state index contributed by atoms with van der Waals surface area (Å²) >= 11 is 0. The molecule has 0 saturated carbocycles. The Hall–Kier alpha value is -6.02. The fourth-order valence-corrected chi connectivity index (χ4v) is 6.05. The van der Waals surface area contributed by atoms with E-state index in [9.17, 15) is 4.79 Å². The van der Waals surface area contributed by atoms with Crippen molar-refractivity contribution in [3.8, 4) is 23.1 Å². The van der Waals surface area contributed by atoms with Gasteiger partial charge in [-0.05, 0) is 48.9 Å². The molecular formula is C45H53N7O6. The Morgan fingerprint density at radius 3 is 2.26 bits per heavy atom. The lowest BCUT2D eigenvalue weighted by atomic mass is 9.92. The van der Waals surface area contributed by atoms with Crippen LogP contribution in [0.1, 0.15) is 43.4 Å². The Labute approximate surface area is 340 Å². The van der Waals surface area contributed by atoms with Gasteiger partial charge in [-0.1, -0.05) is 62.7 Å². The maximum Gasteiger partial charge on any atom is 0.324 e. The van der Waals surface area contributed by atoms with Crippen LogP contribution >= 0.6 is 0 Å². The van der Waals surface area contributed by atoms with Crippen LogP contribution in [0.25, 0.3) is 16.5 Å². The molecule has 0 atom stereocenters. The first-order valence-electron chi connectivity index (χ1n) is 19.3. The molecule has 0 aliphatic rings. The first-order valence-corrected chi connectivity index (χ1v) is 19.3. The van der Waals surface area contributed by atoms with E-state index in [1.54, 1.807) is 24.1 Å². The Morgan fingerprint density at radius 2 is 1.53 bits per heavy atom. The SMILES string of the molecule is COCCOCCOCCOc1cc(Cc2nccc(Oc3ccc(NC(=O)Nc4cc(C(C)(C)C)nn4-c4ccc(C)cc4)c4ccccc34)n2)cc(N(C)C)c1. The molecule has 6 rings (SSSR count). The number of methoxy groups -OCH3 is 1. The van der Waals surface area contributed by atoms with E-state index in [0.717, 1.165) is 44.7 Å². The van der Waals surface area contributed by atoms with Crippen LogP contribution in [0.15, 0.2) is 97.2 Å². The molecule has 0 aliphatic heterocycles. The number of hydrogen-bond donors (Lipinski definition) is 2. The molecule has 0 fully saturated rings. The fourth-order valence-electron chi connectivity index (χ4n) is 6.05. The summed E-state index contributed by atoms with van der Waals surface area (Å²) in [7, 11) is 5.62. The van der Waals surface area contributed by atoms with Gasteiger partial charge in [0.05, 0.1) is 50.1 Å². The number of carbonyl (C=O) groups excluding carboxylic acids is 1. The van der Waals surface area contributed by atoms with Crippen molar-refractivity contribution in [1.82, 2.24) is 19.7 Å². The molecule has 0 spiro atoms. The second kappa shape index (κ2) is 19.4. The topological polar surface area (TPSA) is 134 Å². The summed E-state index contributed by atoms with van der Waals surface area (Å²) in [6.07, 6.45) is 2.15. The number of nitrogens with one attached hydrogen (secondary N) is 2. The number of urea groups is 1. The Kier molecular flexibility index (Phi) is 13.9. The summed E-state index contributed by atoms with van der Waals surface area (Å²) in [6.45, 7) is 11.3. The molecule has 2 amide bonds. The first kappa shape index (κ1) is 41.6. The fraction of sp³-hybridized carbons (Fsp3) is 0.333. The maximum absolute atomic E-state index is 13.6. The summed E-state index contributed by atoms with van der Waals surface area (Å²) in [5, 5.41) is 12.5. The van der Waals surface area contributed by atoms with Crippen molar-refractivity contribution in [3.05, 3.63) is 120 Å². The summed E-state index contributed by atoms with van der Waals surface area (Å²) in [5.41, 5.74) is 5.24. The predicted octanol–water partition coefficient (Wildman–Crippen LogP) is 8.57. The maximum atomic E-state index is 13.6. The molecule has 304 valence electrons. The highest BCUT2D eigenvalue weighted by atomic mass is 16.6. The van der Waals surface area contributed by atoms with E-state index >= 15 is 0 Å². The molecule has 0 radical (unpaired) electrons. The van der Waals surface area contributed by atoms with Crippen LogP contribution in [0, 0.1) is 6.92 Å². The number of ether oxygens (including phenoxy) is 5. The molecule has 0 aliphatic carbocycles. The van der Waals surface area contributed by atoms with E-state index in [0.29, 0.717) is 75.0 Å². The van der Waals surface area contributed by atoms with Crippen molar-refractivity contribution in [2.45, 2.75) is 39.5 Å². The van der Waals surface area contributed by atoms with E-state index in [-0.39, 0.29) is 5.41 Å². The number of aryl methyl sites for hydroxylation is 1. The number of amides is 2. The highest BCUT2D eigenvalue weighted by Crippen LogP contribution is 2.35. The van der Waals surface area contributed by atoms with Gasteiger partial charge < -0.3 is 33.9 Å². The summed E-state index contributed by atoms with van der Waals surface area (Å²) in [4.78, 5) is 24.9. The van der Waals surface area contributed by atoms with E-state index < -0.39 is 6.03 Å². The Bertz CT molecular complexity index is 2280. The zero-order chi connectivity index (χ0) is 41.1. The monoisotopic (exact) mass is 787 g/mol. The van der Waals surface area contributed by atoms with Crippen molar-refractivity contribution >= 4 is 34.0 Å². The van der Waals surface area contributed by atoms with Crippen molar-refractivity contribution in [3.63, 3.8) is 0 Å². The van der Waals surface area contributed by atoms with Crippen molar-refractivity contribution in [2.24, 2.45) is 0 Å². The average Bonchev–Trinajstić information content (AvgIpc) is 3.63. The second-order valence-corrected chi connectivity index (χ2v) is 15.0. The minimum Gasteiger partial charge on any atom is -0.491 e. The number of aromatic nitrogens is 4. The minimum absolute atomic E-state index is 0.216. The number of nitrogens with zero attached hydrogens (tertiary/aromatic N) is 5. The number of carbonyl (C=O) groups is 1. The Balaban J connectivity index is 1.13. The summed E-state index contributed by atoms with van der Waals surface area (Å²) < 4.78 is 30.3. The van der Waals surface area contributed by atoms with Crippen molar-refractivity contribution in [2.75, 3.05) is 76.4 Å². The molecule has 2 N–H and O–H groups in total. The van der Waals surface area contributed by atoms with Gasteiger partial charge in [0.25, 0.3) is 0 Å². The molecule has 0 bridgehead atoms. The van der Waals surface area contributed by atoms with Gasteiger partial charge in [-0.25, -0.2) is 14.5 Å². The van der Waals surface area contributed by atoms with Crippen molar-refractivity contribution in [1.29, 1.82) is 0 Å². The molecule has 58 heavy (non-hydrogen) atoms. The highest BCUT2D eigenvalue weighted by Gasteiger charge is 2.22. The van der Waals surface area contributed by atoms with Gasteiger partial charge in [-0.2, -0.15) is 10.1 Å². The van der Waals surface area contributed by atoms with Crippen LogP contribution in [-0.4, -0.2) is 86.6 Å². The van der Waals surface area contributed by atoms with Gasteiger partial charge in [0.1, 0.15) is 29.7 Å². The number of benzene rings is 4. The molecular weight excluding hydrogens is 735 g/mol. The average molecular weight is 788 g/mol. The van der Waals surface area contributed by atoms with Crippen LogP contribution < -0.4 is 25.0 Å². The molecule has 0 unspecified atom stereocenters. The lowest BCUT2D eigenvalue weighted by Crippen LogP contribution is -2.21. The number of hydrogen-bond acceptors (Lipinski definition) is 10.